The van der Waals surface area contributed by atoms with Crippen molar-refractivity contribution in [2.45, 2.75) is 98.7 Å². The Labute approximate surface area is 206 Å². The van der Waals surface area contributed by atoms with E-state index >= 15 is 0 Å². The van der Waals surface area contributed by atoms with E-state index in [1.165, 1.54) is 11.1 Å². The van der Waals surface area contributed by atoms with Crippen molar-refractivity contribution in [1.82, 2.24) is 0 Å². The minimum absolute atomic E-state index is 0.00539. The van der Waals surface area contributed by atoms with Gasteiger partial charge in [-0.2, -0.15) is 0 Å². The van der Waals surface area contributed by atoms with Gasteiger partial charge in [0.25, 0.3) is 0 Å². The third kappa shape index (κ3) is 3.54. The fourth-order valence-corrected chi connectivity index (χ4v) is 8.87. The number of allylic oxidation sites excluding steroid dienone is 4. The van der Waals surface area contributed by atoms with Crippen LogP contribution in [0, 0.1) is 39.4 Å². The number of aliphatic hydroxyl groups is 4. The van der Waals surface area contributed by atoms with Crippen molar-refractivity contribution in [2.24, 2.45) is 39.4 Å². The van der Waals surface area contributed by atoms with E-state index in [4.69, 9.17) is 0 Å². The SMILES string of the molecule is C[C@H](CCC=C(CO)CO)[C@H]1C[C@H](O)[C@@]2(C)C3=CC[C@H]4C(C)(C)[C@@H](O)CC[C@]4(C)C3=CC[C@]12C. The maximum Gasteiger partial charge on any atom is 0.0663 e. The van der Waals surface area contributed by atoms with Gasteiger partial charge in [-0.1, -0.05) is 59.8 Å². The lowest BCUT2D eigenvalue weighted by Gasteiger charge is -2.61. The second kappa shape index (κ2) is 8.87. The average Bonchev–Trinajstić information content (AvgIpc) is 3.01. The summed E-state index contributed by atoms with van der Waals surface area (Å²) in [5.41, 5.74) is 3.20. The molecule has 0 heterocycles. The van der Waals surface area contributed by atoms with Crippen molar-refractivity contribution in [3.8, 4) is 0 Å². The van der Waals surface area contributed by atoms with E-state index in [0.717, 1.165) is 44.9 Å². The minimum Gasteiger partial charge on any atom is -0.393 e. The lowest BCUT2D eigenvalue weighted by molar-refractivity contribution is -0.0872. The molecule has 0 unspecified atom stereocenters. The summed E-state index contributed by atoms with van der Waals surface area (Å²) in [6.07, 6.45) is 12.8. The van der Waals surface area contributed by atoms with Gasteiger partial charge in [0.15, 0.2) is 0 Å². The van der Waals surface area contributed by atoms with Gasteiger partial charge in [0, 0.05) is 5.41 Å². The Kier molecular flexibility index (Phi) is 6.82. The van der Waals surface area contributed by atoms with Crippen LogP contribution < -0.4 is 0 Å². The van der Waals surface area contributed by atoms with Gasteiger partial charge in [-0.25, -0.2) is 0 Å². The van der Waals surface area contributed by atoms with Gasteiger partial charge in [-0.3, -0.25) is 0 Å². The highest BCUT2D eigenvalue weighted by atomic mass is 16.3. The summed E-state index contributed by atoms with van der Waals surface area (Å²) in [4.78, 5) is 0. The second-order valence-corrected chi connectivity index (χ2v) is 13.2. The molecule has 0 aromatic heterocycles. The lowest BCUT2D eigenvalue weighted by atomic mass is 9.44. The molecule has 34 heavy (non-hydrogen) atoms. The molecule has 0 spiro atoms. The Bertz CT molecular complexity index is 878. The summed E-state index contributed by atoms with van der Waals surface area (Å²) in [6.45, 7) is 13.8. The number of hydrogen-bond acceptors (Lipinski definition) is 4. The molecule has 2 fully saturated rings. The van der Waals surface area contributed by atoms with E-state index in [9.17, 15) is 20.4 Å². The molecular formula is C30H48O4. The van der Waals surface area contributed by atoms with Crippen molar-refractivity contribution in [1.29, 1.82) is 0 Å². The zero-order valence-corrected chi connectivity index (χ0v) is 22.3. The van der Waals surface area contributed by atoms with Gasteiger partial charge < -0.3 is 20.4 Å². The summed E-state index contributed by atoms with van der Waals surface area (Å²) < 4.78 is 0. The average molecular weight is 473 g/mol. The Morgan fingerprint density at radius 3 is 2.35 bits per heavy atom. The second-order valence-electron chi connectivity index (χ2n) is 13.2. The first kappa shape index (κ1) is 26.1. The smallest absolute Gasteiger partial charge is 0.0663 e. The molecule has 4 aliphatic rings. The van der Waals surface area contributed by atoms with Crippen molar-refractivity contribution < 1.29 is 20.4 Å². The molecule has 0 aliphatic heterocycles. The van der Waals surface area contributed by atoms with E-state index in [2.05, 4.69) is 53.7 Å². The van der Waals surface area contributed by atoms with Crippen molar-refractivity contribution in [2.75, 3.05) is 13.2 Å². The molecule has 0 saturated heterocycles. The third-order valence-corrected chi connectivity index (χ3v) is 11.5. The molecule has 0 aromatic carbocycles. The molecule has 0 amide bonds. The number of rotatable bonds is 6. The van der Waals surface area contributed by atoms with Crippen LogP contribution in [-0.4, -0.2) is 45.8 Å². The third-order valence-electron chi connectivity index (χ3n) is 11.5. The Morgan fingerprint density at radius 1 is 1.03 bits per heavy atom. The van der Waals surface area contributed by atoms with Crippen LogP contribution in [0.2, 0.25) is 0 Å². The predicted octanol–water partition coefficient (Wildman–Crippen LogP) is 5.17. The van der Waals surface area contributed by atoms with E-state index in [1.807, 2.05) is 6.08 Å². The first-order valence-corrected chi connectivity index (χ1v) is 13.5. The maximum absolute atomic E-state index is 11.6. The largest absolute Gasteiger partial charge is 0.393 e. The quantitative estimate of drug-likeness (QED) is 0.402. The zero-order valence-electron chi connectivity index (χ0n) is 22.3. The van der Waals surface area contributed by atoms with E-state index in [0.29, 0.717) is 23.3 Å². The van der Waals surface area contributed by atoms with Crippen molar-refractivity contribution in [3.63, 3.8) is 0 Å². The van der Waals surface area contributed by atoms with Crippen LogP contribution in [0.25, 0.3) is 0 Å². The summed E-state index contributed by atoms with van der Waals surface area (Å²) in [7, 11) is 0. The van der Waals surface area contributed by atoms with Gasteiger partial charge in [0.05, 0.1) is 25.4 Å². The van der Waals surface area contributed by atoms with Crippen LogP contribution in [0.3, 0.4) is 0 Å². The molecule has 0 radical (unpaired) electrons. The molecule has 0 bridgehead atoms. The highest BCUT2D eigenvalue weighted by Crippen LogP contribution is 2.71. The molecule has 0 aromatic rings. The Morgan fingerprint density at radius 2 is 1.71 bits per heavy atom. The number of aliphatic hydroxyl groups excluding tert-OH is 4. The Balaban J connectivity index is 1.65. The number of hydrogen-bond donors (Lipinski definition) is 4. The lowest BCUT2D eigenvalue weighted by Crippen LogP contribution is -2.55. The highest BCUT2D eigenvalue weighted by Gasteiger charge is 2.66. The standard InChI is InChI=1S/C30H48O4/c1-19(8-7-9-20(17-31)18-32)23-16-26(34)30(6)22-10-11-24-27(2,3)25(33)13-14-28(24,4)21(22)12-15-29(23,30)5/h9-10,12,19,23-26,31-34H,7-8,11,13-18H2,1-6H3/t19-,23-,24+,25+,26+,28-,29-,30-/m1/s1. The molecule has 4 N–H and O–H groups in total. The molecule has 8 atom stereocenters. The van der Waals surface area contributed by atoms with Gasteiger partial charge >= 0.3 is 0 Å². The highest BCUT2D eigenvalue weighted by molar-refractivity contribution is 5.50. The van der Waals surface area contributed by atoms with Crippen LogP contribution in [0.5, 0.6) is 0 Å². The number of fused-ring (bicyclic) bond motifs is 5. The van der Waals surface area contributed by atoms with Crippen molar-refractivity contribution >= 4 is 0 Å². The molecule has 4 rings (SSSR count). The van der Waals surface area contributed by atoms with Crippen LogP contribution in [0.1, 0.15) is 86.5 Å². The Hall–Kier alpha value is -0.940. The first-order valence-electron chi connectivity index (χ1n) is 13.5. The molecule has 192 valence electrons. The van der Waals surface area contributed by atoms with Crippen LogP contribution in [0.15, 0.2) is 34.9 Å². The van der Waals surface area contributed by atoms with Gasteiger partial charge in [-0.05, 0) is 95.7 Å². The van der Waals surface area contributed by atoms with Crippen molar-refractivity contribution in [3.05, 3.63) is 34.9 Å². The van der Waals surface area contributed by atoms with Gasteiger partial charge in [0.1, 0.15) is 0 Å². The maximum atomic E-state index is 11.6. The van der Waals surface area contributed by atoms with E-state index < -0.39 is 0 Å². The fraction of sp³-hybridized carbons (Fsp3) is 0.800. The molecular weight excluding hydrogens is 424 g/mol. The normalized spacial score (nSPS) is 43.7. The topological polar surface area (TPSA) is 80.9 Å². The molecule has 2 saturated carbocycles. The van der Waals surface area contributed by atoms with E-state index in [1.54, 1.807) is 0 Å². The van der Waals surface area contributed by atoms with Crippen LogP contribution >= 0.6 is 0 Å². The molecule has 4 heteroatoms. The minimum atomic E-state index is -0.358. The monoisotopic (exact) mass is 472 g/mol. The zero-order chi connectivity index (χ0) is 25.1. The summed E-state index contributed by atoms with van der Waals surface area (Å²) in [5.74, 6) is 1.28. The molecule has 4 nitrogen and oxygen atoms in total. The van der Waals surface area contributed by atoms with E-state index in [-0.39, 0.29) is 47.1 Å². The van der Waals surface area contributed by atoms with Gasteiger partial charge in [0.2, 0.25) is 0 Å². The fourth-order valence-electron chi connectivity index (χ4n) is 8.87. The summed E-state index contributed by atoms with van der Waals surface area (Å²) >= 11 is 0. The predicted molar refractivity (Wildman–Crippen MR) is 137 cm³/mol. The van der Waals surface area contributed by atoms with Crippen LogP contribution in [0.4, 0.5) is 0 Å². The first-order chi connectivity index (χ1) is 15.9. The van der Waals surface area contributed by atoms with Crippen LogP contribution in [-0.2, 0) is 0 Å². The van der Waals surface area contributed by atoms with Gasteiger partial charge in [-0.15, -0.1) is 0 Å². The molecule has 4 aliphatic carbocycles. The summed E-state index contributed by atoms with van der Waals surface area (Å²) in [5, 5.41) is 41.1. The summed E-state index contributed by atoms with van der Waals surface area (Å²) in [6, 6.07) is 0.